The fourth-order valence-corrected chi connectivity index (χ4v) is 4.63. The first kappa shape index (κ1) is 22.0. The van der Waals surface area contributed by atoms with E-state index in [0.29, 0.717) is 12.8 Å². The third-order valence-electron chi connectivity index (χ3n) is 6.24. The van der Waals surface area contributed by atoms with Crippen LogP contribution in [-0.2, 0) is 37.1 Å². The molecule has 2 aromatic carbocycles. The Morgan fingerprint density at radius 3 is 2.41 bits per heavy atom. The molecule has 2 fully saturated rings. The summed E-state index contributed by atoms with van der Waals surface area (Å²) in [5.41, 5.74) is 1.83. The van der Waals surface area contributed by atoms with E-state index in [2.05, 4.69) is 0 Å². The third-order valence-corrected chi connectivity index (χ3v) is 6.24. The molecule has 7 nitrogen and oxygen atoms in total. The minimum Gasteiger partial charge on any atom is -0.497 e. The van der Waals surface area contributed by atoms with Gasteiger partial charge in [0.2, 0.25) is 5.91 Å². The van der Waals surface area contributed by atoms with Crippen molar-refractivity contribution in [2.24, 2.45) is 11.8 Å². The van der Waals surface area contributed by atoms with Gasteiger partial charge in [0.25, 0.3) is 5.91 Å². The molecule has 3 atom stereocenters. The van der Waals surface area contributed by atoms with E-state index < -0.39 is 0 Å². The van der Waals surface area contributed by atoms with Crippen molar-refractivity contribution in [2.75, 3.05) is 13.7 Å². The molecule has 1 saturated carbocycles. The van der Waals surface area contributed by atoms with Crippen molar-refractivity contribution < 1.29 is 28.6 Å². The zero-order valence-electron chi connectivity index (χ0n) is 18.1. The molecule has 7 heteroatoms. The number of amides is 2. The lowest BCUT2D eigenvalue weighted by Crippen LogP contribution is -2.41. The molecule has 4 rings (SSSR count). The Balaban J connectivity index is 1.29. The number of nitrogens with zero attached hydrogens (tertiary/aromatic N) is 1. The van der Waals surface area contributed by atoms with Gasteiger partial charge in [0.1, 0.15) is 19.0 Å². The van der Waals surface area contributed by atoms with Crippen LogP contribution in [0.15, 0.2) is 54.6 Å². The second-order valence-corrected chi connectivity index (χ2v) is 8.21. The van der Waals surface area contributed by atoms with Crippen LogP contribution in [0.1, 0.15) is 30.4 Å². The molecule has 0 bridgehead atoms. The predicted molar refractivity (Wildman–Crippen MR) is 115 cm³/mol. The molecule has 1 aliphatic carbocycles. The summed E-state index contributed by atoms with van der Waals surface area (Å²) in [5.74, 6) is -0.675. The van der Waals surface area contributed by atoms with Gasteiger partial charge < -0.3 is 14.2 Å². The topological polar surface area (TPSA) is 82.1 Å². The number of fused-ring (bicyclic) bond motifs is 1. The summed E-state index contributed by atoms with van der Waals surface area (Å²) in [6.45, 7) is 0.299. The Bertz CT molecular complexity index is 958. The highest BCUT2D eigenvalue weighted by atomic mass is 16.5. The summed E-state index contributed by atoms with van der Waals surface area (Å²) >= 11 is 0. The molecule has 2 amide bonds. The van der Waals surface area contributed by atoms with Gasteiger partial charge in [-0.2, -0.15) is 0 Å². The van der Waals surface area contributed by atoms with Crippen LogP contribution in [0.3, 0.4) is 0 Å². The van der Waals surface area contributed by atoms with E-state index in [9.17, 15) is 14.4 Å². The fraction of sp³-hybridized carbons (Fsp3) is 0.400. The number of hydrogen-bond donors (Lipinski definition) is 0. The smallest absolute Gasteiger partial charge is 0.309 e. The maximum Gasteiger partial charge on any atom is 0.309 e. The number of rotatable bonds is 8. The third kappa shape index (κ3) is 4.83. The monoisotopic (exact) mass is 437 g/mol. The van der Waals surface area contributed by atoms with Gasteiger partial charge in [-0.25, -0.2) is 0 Å². The molecule has 0 N–H and O–H groups in total. The average molecular weight is 437 g/mol. The van der Waals surface area contributed by atoms with Crippen LogP contribution in [-0.4, -0.2) is 42.4 Å². The quantitative estimate of drug-likeness (QED) is 0.591. The molecule has 2 aromatic rings. The van der Waals surface area contributed by atoms with Crippen LogP contribution in [0.2, 0.25) is 0 Å². The van der Waals surface area contributed by atoms with Gasteiger partial charge in [0.15, 0.2) is 0 Å². The van der Waals surface area contributed by atoms with Crippen LogP contribution in [0.25, 0.3) is 0 Å². The second kappa shape index (κ2) is 9.96. The van der Waals surface area contributed by atoms with Crippen LogP contribution in [0.5, 0.6) is 5.75 Å². The Morgan fingerprint density at radius 1 is 0.969 bits per heavy atom. The number of esters is 1. The van der Waals surface area contributed by atoms with Gasteiger partial charge in [-0.05, 0) is 36.1 Å². The average Bonchev–Trinajstić information content (AvgIpc) is 3.36. The van der Waals surface area contributed by atoms with Gasteiger partial charge in [0.05, 0.1) is 19.6 Å². The maximum absolute atomic E-state index is 12.7. The highest BCUT2D eigenvalue weighted by Crippen LogP contribution is 2.43. The highest BCUT2D eigenvalue weighted by Gasteiger charge is 2.52. The van der Waals surface area contributed by atoms with Gasteiger partial charge in [0, 0.05) is 18.4 Å². The van der Waals surface area contributed by atoms with Crippen molar-refractivity contribution in [2.45, 2.75) is 38.5 Å². The summed E-state index contributed by atoms with van der Waals surface area (Å²) in [4.78, 5) is 39.2. The molecule has 32 heavy (non-hydrogen) atoms. The molecule has 0 aromatic heterocycles. The largest absolute Gasteiger partial charge is 0.497 e. The molecule has 0 spiro atoms. The normalized spacial score (nSPS) is 22.0. The Kier molecular flexibility index (Phi) is 6.85. The fourth-order valence-electron chi connectivity index (χ4n) is 4.63. The zero-order chi connectivity index (χ0) is 22.5. The van der Waals surface area contributed by atoms with Crippen LogP contribution in [0, 0.1) is 11.8 Å². The summed E-state index contributed by atoms with van der Waals surface area (Å²) < 4.78 is 16.2. The molecule has 1 saturated heterocycles. The molecule has 1 unspecified atom stereocenters. The summed E-state index contributed by atoms with van der Waals surface area (Å²) in [6.07, 6.45) is 1.43. The van der Waals surface area contributed by atoms with E-state index >= 15 is 0 Å². The summed E-state index contributed by atoms with van der Waals surface area (Å²) in [5, 5.41) is 0. The van der Waals surface area contributed by atoms with Crippen molar-refractivity contribution in [3.8, 4) is 5.75 Å². The number of methoxy groups -OCH3 is 1. The number of carbonyl (C=O) groups is 3. The van der Waals surface area contributed by atoms with E-state index in [-0.39, 0.29) is 61.9 Å². The van der Waals surface area contributed by atoms with Gasteiger partial charge >= 0.3 is 5.97 Å². The lowest BCUT2D eigenvalue weighted by Gasteiger charge is -2.22. The van der Waals surface area contributed by atoms with Gasteiger partial charge in [-0.3, -0.25) is 19.3 Å². The first-order valence-electron chi connectivity index (χ1n) is 10.8. The number of ether oxygens (including phenoxy) is 3. The van der Waals surface area contributed by atoms with Crippen molar-refractivity contribution in [3.63, 3.8) is 0 Å². The lowest BCUT2D eigenvalue weighted by molar-refractivity contribution is -0.151. The predicted octanol–water partition coefficient (Wildman–Crippen LogP) is 3.11. The Hall–Kier alpha value is -3.19. The molecule has 2 aliphatic rings. The summed E-state index contributed by atoms with van der Waals surface area (Å²) in [6, 6.07) is 16.6. The molecule has 168 valence electrons. The minimum absolute atomic E-state index is 0.176. The Morgan fingerprint density at radius 2 is 1.69 bits per heavy atom. The van der Waals surface area contributed by atoms with E-state index in [1.165, 1.54) is 4.90 Å². The van der Waals surface area contributed by atoms with Crippen LogP contribution >= 0.6 is 0 Å². The Labute approximate surface area is 187 Å². The van der Waals surface area contributed by atoms with E-state index in [4.69, 9.17) is 14.2 Å². The number of benzene rings is 2. The lowest BCUT2D eigenvalue weighted by atomic mass is 9.93. The van der Waals surface area contributed by atoms with Crippen molar-refractivity contribution in [3.05, 3.63) is 65.7 Å². The molecule has 1 aliphatic heterocycles. The number of likely N-dealkylation sites (tertiary alicyclic amines) is 1. The van der Waals surface area contributed by atoms with Crippen molar-refractivity contribution in [1.82, 2.24) is 4.90 Å². The second-order valence-electron chi connectivity index (χ2n) is 8.21. The van der Waals surface area contributed by atoms with Crippen LogP contribution in [0.4, 0.5) is 0 Å². The first-order chi connectivity index (χ1) is 15.6. The van der Waals surface area contributed by atoms with E-state index in [1.807, 2.05) is 54.6 Å². The minimum atomic E-state index is -0.356. The van der Waals surface area contributed by atoms with Crippen LogP contribution < -0.4 is 4.74 Å². The first-order valence-corrected chi connectivity index (χ1v) is 10.8. The van der Waals surface area contributed by atoms with E-state index in [0.717, 1.165) is 16.9 Å². The van der Waals surface area contributed by atoms with Crippen molar-refractivity contribution >= 4 is 17.8 Å². The van der Waals surface area contributed by atoms with Gasteiger partial charge in [-0.1, -0.05) is 42.5 Å². The maximum atomic E-state index is 12.7. The number of imide groups is 1. The number of carbonyl (C=O) groups excluding carboxylic acids is 3. The van der Waals surface area contributed by atoms with Crippen molar-refractivity contribution in [1.29, 1.82) is 0 Å². The van der Waals surface area contributed by atoms with E-state index in [1.54, 1.807) is 7.11 Å². The SMILES string of the molecule is COc1ccc(COCC(=O)N2C(=O)C[C@H]3C(C(=O)OCc4ccccc4)CC[C@@H]32)cc1. The van der Waals surface area contributed by atoms with Gasteiger partial charge in [-0.15, -0.1) is 0 Å². The molecule has 0 radical (unpaired) electrons. The highest BCUT2D eigenvalue weighted by molar-refractivity contribution is 5.98. The molecular weight excluding hydrogens is 410 g/mol. The molecular formula is C25H27NO6. The molecule has 1 heterocycles. The number of hydrogen-bond acceptors (Lipinski definition) is 6. The summed E-state index contributed by atoms with van der Waals surface area (Å²) in [7, 11) is 1.60. The standard InChI is InChI=1S/C25H27NO6/c1-30-19-9-7-18(8-10-19)14-31-16-24(28)26-22-12-11-20(21(22)13-23(26)27)25(29)32-15-17-5-3-2-4-6-17/h2-10,20-22H,11-16H2,1H3/t20?,21-,22-/m0/s1. The zero-order valence-corrected chi connectivity index (χ0v) is 18.1.